The maximum atomic E-state index is 12.9. The van der Waals surface area contributed by atoms with E-state index >= 15 is 0 Å². The van der Waals surface area contributed by atoms with Crippen molar-refractivity contribution in [2.45, 2.75) is 18.6 Å². The van der Waals surface area contributed by atoms with Gasteiger partial charge in [0, 0.05) is 18.7 Å². The molecule has 1 aromatic rings. The summed E-state index contributed by atoms with van der Waals surface area (Å²) in [7, 11) is 0.707. The summed E-state index contributed by atoms with van der Waals surface area (Å²) in [6.45, 7) is -0.748. The van der Waals surface area contributed by atoms with Gasteiger partial charge in [0.1, 0.15) is 0 Å². The molecule has 21 heavy (non-hydrogen) atoms. The highest BCUT2D eigenvalue weighted by molar-refractivity contribution is 5.84. The molecule has 116 valence electrons. The first-order valence-electron chi connectivity index (χ1n) is 5.41. The van der Waals surface area contributed by atoms with E-state index in [-0.39, 0.29) is 10.5 Å². The zero-order valence-corrected chi connectivity index (χ0v) is 10.5. The van der Waals surface area contributed by atoms with E-state index in [4.69, 9.17) is 0 Å². The lowest BCUT2D eigenvalue weighted by Gasteiger charge is -2.24. The van der Waals surface area contributed by atoms with Crippen molar-refractivity contribution in [3.63, 3.8) is 0 Å². The van der Waals surface area contributed by atoms with Gasteiger partial charge in [0.25, 0.3) is 5.69 Å². The molecule has 0 aliphatic heterocycles. The molecule has 1 amide bonds. The van der Waals surface area contributed by atoms with Crippen LogP contribution < -0.4 is 0 Å². The average Bonchev–Trinajstić information content (AvgIpc) is 2.36. The summed E-state index contributed by atoms with van der Waals surface area (Å²) in [5, 5.41) is 10.7. The normalized spacial score (nSPS) is 12.1. The number of nitrogens with zero attached hydrogens (tertiary/aromatic N) is 2. The lowest BCUT2D eigenvalue weighted by molar-refractivity contribution is -0.385. The summed E-state index contributed by atoms with van der Waals surface area (Å²) >= 11 is 0. The molecule has 0 spiro atoms. The average molecular weight is 312 g/mol. The Morgan fingerprint density at radius 2 is 1.76 bits per heavy atom. The second-order valence-electron chi connectivity index (χ2n) is 4.12. The molecule has 0 atom stereocenters. The highest BCUT2D eigenvalue weighted by Gasteiger charge is 2.64. The molecule has 0 fully saturated rings. The zero-order valence-electron chi connectivity index (χ0n) is 10.5. The Bertz CT molecular complexity index is 559. The lowest BCUT2D eigenvalue weighted by atomic mass is 10.1. The van der Waals surface area contributed by atoms with Gasteiger partial charge in [0.05, 0.1) is 11.5 Å². The van der Waals surface area contributed by atoms with Gasteiger partial charge in [0.15, 0.2) is 0 Å². The van der Waals surface area contributed by atoms with E-state index in [2.05, 4.69) is 0 Å². The Morgan fingerprint density at radius 1 is 1.24 bits per heavy atom. The molecule has 0 saturated carbocycles. The Labute approximate surface area is 115 Å². The molecular weight excluding hydrogens is 303 g/mol. The van der Waals surface area contributed by atoms with Crippen molar-refractivity contribution in [2.24, 2.45) is 0 Å². The molecule has 0 aromatic heterocycles. The maximum absolute atomic E-state index is 12.9. The van der Waals surface area contributed by atoms with Gasteiger partial charge in [-0.25, -0.2) is 0 Å². The summed E-state index contributed by atoms with van der Waals surface area (Å²) < 4.78 is 62.0. The summed E-state index contributed by atoms with van der Waals surface area (Å²) in [4.78, 5) is 21.2. The van der Waals surface area contributed by atoms with Crippen molar-refractivity contribution >= 4 is 11.6 Å². The monoisotopic (exact) mass is 312 g/mol. The zero-order chi connectivity index (χ0) is 16.4. The van der Waals surface area contributed by atoms with Gasteiger partial charge >= 0.3 is 18.0 Å². The van der Waals surface area contributed by atoms with E-state index in [9.17, 15) is 36.9 Å². The van der Waals surface area contributed by atoms with Crippen molar-refractivity contribution in [3.8, 4) is 0 Å². The van der Waals surface area contributed by atoms with Gasteiger partial charge in [-0.1, -0.05) is 18.2 Å². The second-order valence-corrected chi connectivity index (χ2v) is 4.12. The number of rotatable bonds is 4. The van der Waals surface area contributed by atoms with Gasteiger partial charge < -0.3 is 4.90 Å². The Kier molecular flexibility index (Phi) is 4.49. The van der Waals surface area contributed by atoms with E-state index < -0.39 is 35.2 Å². The van der Waals surface area contributed by atoms with Crippen molar-refractivity contribution in [1.82, 2.24) is 4.90 Å². The standard InChI is InChI=1S/C11H9F5N2O3/c1-17(9(19)10(12,13)11(14,15)16)6-7-4-2-3-5-8(7)18(20)21/h2-5H,6H2,1H3. The summed E-state index contributed by atoms with van der Waals surface area (Å²) in [5.41, 5.74) is -0.635. The van der Waals surface area contributed by atoms with Crippen LogP contribution in [0, 0.1) is 10.1 Å². The summed E-state index contributed by atoms with van der Waals surface area (Å²) in [5.74, 6) is -8.03. The third kappa shape index (κ3) is 3.44. The number of para-hydroxylation sites is 1. The smallest absolute Gasteiger partial charge is 0.336 e. The number of carbonyl (C=O) groups is 1. The van der Waals surface area contributed by atoms with Gasteiger partial charge in [-0.3, -0.25) is 14.9 Å². The number of amides is 1. The molecule has 0 radical (unpaired) electrons. The number of halogens is 5. The van der Waals surface area contributed by atoms with Crippen LogP contribution in [0.3, 0.4) is 0 Å². The Morgan fingerprint density at radius 3 is 2.24 bits per heavy atom. The molecular formula is C11H9F5N2O3. The molecule has 1 rings (SSSR count). The van der Waals surface area contributed by atoms with E-state index in [1.165, 1.54) is 12.1 Å². The van der Waals surface area contributed by atoms with Crippen LogP contribution in [0.4, 0.5) is 27.6 Å². The van der Waals surface area contributed by atoms with Crippen molar-refractivity contribution < 1.29 is 31.7 Å². The fourth-order valence-electron chi connectivity index (χ4n) is 1.51. The van der Waals surface area contributed by atoms with Crippen molar-refractivity contribution in [2.75, 3.05) is 7.05 Å². The molecule has 0 aliphatic rings. The number of nitro groups is 1. The number of alkyl halides is 5. The van der Waals surface area contributed by atoms with Crippen LogP contribution in [0.15, 0.2) is 24.3 Å². The first-order chi connectivity index (χ1) is 9.48. The SMILES string of the molecule is CN(Cc1ccccc1[N+](=O)[O-])C(=O)C(F)(F)C(F)(F)F. The number of nitro benzene ring substituents is 1. The molecule has 5 nitrogen and oxygen atoms in total. The fraction of sp³-hybridized carbons (Fsp3) is 0.364. The molecule has 0 saturated heterocycles. The highest BCUT2D eigenvalue weighted by atomic mass is 19.4. The first kappa shape index (κ1) is 16.8. The predicted octanol–water partition coefficient (Wildman–Crippen LogP) is 2.75. The number of hydrogen-bond acceptors (Lipinski definition) is 3. The fourth-order valence-corrected chi connectivity index (χ4v) is 1.51. The predicted molar refractivity (Wildman–Crippen MR) is 60.6 cm³/mol. The number of carbonyl (C=O) groups excluding carboxylic acids is 1. The summed E-state index contributed by atoms with van der Waals surface area (Å²) in [6.07, 6.45) is -6.03. The molecule has 0 unspecified atom stereocenters. The third-order valence-electron chi connectivity index (χ3n) is 2.57. The van der Waals surface area contributed by atoms with Crippen LogP contribution in [0.5, 0.6) is 0 Å². The minimum atomic E-state index is -6.03. The van der Waals surface area contributed by atoms with Gasteiger partial charge in [0.2, 0.25) is 0 Å². The lowest BCUT2D eigenvalue weighted by Crippen LogP contribution is -2.50. The van der Waals surface area contributed by atoms with Gasteiger partial charge in [-0.2, -0.15) is 22.0 Å². The molecule has 0 N–H and O–H groups in total. The largest absolute Gasteiger partial charge is 0.463 e. The quantitative estimate of drug-likeness (QED) is 0.488. The van der Waals surface area contributed by atoms with Crippen LogP contribution >= 0.6 is 0 Å². The topological polar surface area (TPSA) is 63.4 Å². The Hall–Kier alpha value is -2.26. The van der Waals surface area contributed by atoms with Gasteiger partial charge in [-0.15, -0.1) is 0 Å². The molecule has 0 bridgehead atoms. The number of benzene rings is 1. The first-order valence-corrected chi connectivity index (χ1v) is 5.41. The minimum absolute atomic E-state index is 0.0931. The maximum Gasteiger partial charge on any atom is 0.463 e. The molecule has 10 heteroatoms. The van der Waals surface area contributed by atoms with Crippen molar-refractivity contribution in [1.29, 1.82) is 0 Å². The summed E-state index contributed by atoms with van der Waals surface area (Å²) in [6, 6.07) is 4.85. The van der Waals surface area contributed by atoms with E-state index in [1.807, 2.05) is 0 Å². The highest BCUT2D eigenvalue weighted by Crippen LogP contribution is 2.37. The minimum Gasteiger partial charge on any atom is -0.336 e. The van der Waals surface area contributed by atoms with Gasteiger partial charge in [-0.05, 0) is 0 Å². The third-order valence-corrected chi connectivity index (χ3v) is 2.57. The van der Waals surface area contributed by atoms with Crippen molar-refractivity contribution in [3.05, 3.63) is 39.9 Å². The van der Waals surface area contributed by atoms with E-state index in [0.29, 0.717) is 7.05 Å². The van der Waals surface area contributed by atoms with Crippen LogP contribution in [0.1, 0.15) is 5.56 Å². The van der Waals surface area contributed by atoms with Crippen LogP contribution in [-0.2, 0) is 11.3 Å². The molecule has 0 heterocycles. The number of hydrogen-bond donors (Lipinski definition) is 0. The second kappa shape index (κ2) is 5.62. The molecule has 1 aromatic carbocycles. The Balaban J connectivity index is 3.00. The van der Waals surface area contributed by atoms with E-state index in [0.717, 1.165) is 12.1 Å². The van der Waals surface area contributed by atoms with Crippen LogP contribution in [0.25, 0.3) is 0 Å². The van der Waals surface area contributed by atoms with Crippen LogP contribution in [-0.4, -0.2) is 34.9 Å². The van der Waals surface area contributed by atoms with E-state index in [1.54, 1.807) is 0 Å². The molecule has 0 aliphatic carbocycles. The van der Waals surface area contributed by atoms with Crippen LogP contribution in [0.2, 0.25) is 0 Å².